The first-order valence-corrected chi connectivity index (χ1v) is 10.5. The van der Waals surface area contributed by atoms with Crippen molar-refractivity contribution in [3.8, 4) is 0 Å². The van der Waals surface area contributed by atoms with Crippen molar-refractivity contribution in [2.45, 2.75) is 70.3 Å². The smallest absolute Gasteiger partial charge is 0.328 e. The Labute approximate surface area is 171 Å². The van der Waals surface area contributed by atoms with Crippen LogP contribution in [0.5, 0.6) is 0 Å². The van der Waals surface area contributed by atoms with Crippen LogP contribution in [0.2, 0.25) is 0 Å². The Morgan fingerprint density at radius 2 is 1.55 bits per heavy atom. The SMILES string of the molecule is Cc1c(NC2CC2)nc(C2CC2)nc1N1CCCCCC1.O=C(O)/C=C/C(=O)O. The van der Waals surface area contributed by atoms with Crippen molar-refractivity contribution in [3.63, 3.8) is 0 Å². The minimum Gasteiger partial charge on any atom is -0.478 e. The fourth-order valence-corrected chi connectivity index (χ4v) is 3.34. The van der Waals surface area contributed by atoms with Gasteiger partial charge in [0.05, 0.1) is 0 Å². The molecule has 0 spiro atoms. The Kier molecular flexibility index (Phi) is 7.06. The molecular formula is C21H30N4O4. The van der Waals surface area contributed by atoms with Crippen LogP contribution >= 0.6 is 0 Å². The first kappa shape index (κ1) is 21.1. The van der Waals surface area contributed by atoms with E-state index in [2.05, 4.69) is 17.1 Å². The van der Waals surface area contributed by atoms with E-state index in [-0.39, 0.29) is 0 Å². The number of aliphatic carboxylic acids is 2. The molecule has 4 rings (SSSR count). The minimum absolute atomic E-state index is 0.558. The molecule has 158 valence electrons. The van der Waals surface area contributed by atoms with Crippen LogP contribution in [0.3, 0.4) is 0 Å². The zero-order chi connectivity index (χ0) is 20.8. The normalized spacial score (nSPS) is 19.3. The quantitative estimate of drug-likeness (QED) is 0.621. The van der Waals surface area contributed by atoms with Gasteiger partial charge in [0.15, 0.2) is 0 Å². The number of rotatable bonds is 6. The van der Waals surface area contributed by atoms with Crippen LogP contribution in [-0.4, -0.2) is 51.3 Å². The third kappa shape index (κ3) is 6.73. The van der Waals surface area contributed by atoms with Gasteiger partial charge in [-0.15, -0.1) is 0 Å². The maximum Gasteiger partial charge on any atom is 0.328 e. The number of anilines is 2. The molecular weight excluding hydrogens is 372 g/mol. The molecule has 0 radical (unpaired) electrons. The largest absolute Gasteiger partial charge is 0.478 e. The van der Waals surface area contributed by atoms with Gasteiger partial charge in [-0.05, 0) is 45.4 Å². The monoisotopic (exact) mass is 402 g/mol. The summed E-state index contributed by atoms with van der Waals surface area (Å²) < 4.78 is 0. The predicted molar refractivity (Wildman–Crippen MR) is 110 cm³/mol. The van der Waals surface area contributed by atoms with Gasteiger partial charge in [-0.2, -0.15) is 0 Å². The van der Waals surface area contributed by atoms with Crippen LogP contribution in [0.15, 0.2) is 12.2 Å². The van der Waals surface area contributed by atoms with Gasteiger partial charge in [0.2, 0.25) is 0 Å². The molecule has 0 bridgehead atoms. The zero-order valence-corrected chi connectivity index (χ0v) is 16.9. The van der Waals surface area contributed by atoms with E-state index in [0.717, 1.165) is 24.7 Å². The van der Waals surface area contributed by atoms with Crippen molar-refractivity contribution >= 4 is 23.6 Å². The van der Waals surface area contributed by atoms with E-state index in [1.54, 1.807) is 0 Å². The van der Waals surface area contributed by atoms with Crippen molar-refractivity contribution in [2.75, 3.05) is 23.3 Å². The maximum absolute atomic E-state index is 9.55. The summed E-state index contributed by atoms with van der Waals surface area (Å²) in [5.74, 6) is 1.50. The molecule has 29 heavy (non-hydrogen) atoms. The van der Waals surface area contributed by atoms with Gasteiger partial charge >= 0.3 is 11.9 Å². The van der Waals surface area contributed by atoms with E-state index in [0.29, 0.717) is 24.1 Å². The number of aromatic nitrogens is 2. The summed E-state index contributed by atoms with van der Waals surface area (Å²) in [6.07, 6.45) is 11.6. The second kappa shape index (κ2) is 9.71. The third-order valence-electron chi connectivity index (χ3n) is 5.27. The molecule has 0 aromatic carbocycles. The van der Waals surface area contributed by atoms with Crippen LogP contribution in [-0.2, 0) is 9.59 Å². The molecule has 2 saturated carbocycles. The molecule has 3 fully saturated rings. The Bertz CT molecular complexity index is 748. The molecule has 0 atom stereocenters. The lowest BCUT2D eigenvalue weighted by Crippen LogP contribution is -2.27. The van der Waals surface area contributed by atoms with Crippen molar-refractivity contribution in [1.82, 2.24) is 9.97 Å². The third-order valence-corrected chi connectivity index (χ3v) is 5.27. The standard InChI is InChI=1S/C17H26N4.C4H4O4/c1-12-15(18-14-8-9-14)19-16(13-6-7-13)20-17(12)21-10-4-2-3-5-11-21;5-3(6)1-2-4(7)8/h13-14H,2-11H2,1H3,(H,18,19,20);1-2H,(H,5,6)(H,7,8)/b;2-1+. The zero-order valence-electron chi connectivity index (χ0n) is 16.9. The average Bonchev–Trinajstić information content (AvgIpc) is 3.56. The van der Waals surface area contributed by atoms with E-state index >= 15 is 0 Å². The number of hydrogen-bond acceptors (Lipinski definition) is 6. The molecule has 0 amide bonds. The molecule has 0 unspecified atom stereocenters. The van der Waals surface area contributed by atoms with E-state index in [9.17, 15) is 9.59 Å². The number of nitrogens with one attached hydrogen (secondary N) is 1. The summed E-state index contributed by atoms with van der Waals surface area (Å²) in [7, 11) is 0. The lowest BCUT2D eigenvalue weighted by atomic mass is 10.2. The van der Waals surface area contributed by atoms with Crippen LogP contribution in [0, 0.1) is 6.92 Å². The Hall–Kier alpha value is -2.64. The molecule has 2 aliphatic carbocycles. The van der Waals surface area contributed by atoms with Crippen molar-refractivity contribution in [3.05, 3.63) is 23.5 Å². The summed E-state index contributed by atoms with van der Waals surface area (Å²) in [4.78, 5) is 31.4. The second-order valence-electron chi connectivity index (χ2n) is 7.98. The molecule has 1 saturated heterocycles. The summed E-state index contributed by atoms with van der Waals surface area (Å²) >= 11 is 0. The van der Waals surface area contributed by atoms with Crippen molar-refractivity contribution in [2.24, 2.45) is 0 Å². The molecule has 2 heterocycles. The minimum atomic E-state index is -1.26. The molecule has 3 aliphatic rings. The number of nitrogens with zero attached hydrogens (tertiary/aromatic N) is 3. The second-order valence-corrected chi connectivity index (χ2v) is 7.98. The van der Waals surface area contributed by atoms with E-state index in [1.807, 2.05) is 0 Å². The van der Waals surface area contributed by atoms with E-state index in [4.69, 9.17) is 20.2 Å². The van der Waals surface area contributed by atoms with Gasteiger partial charge < -0.3 is 20.4 Å². The summed E-state index contributed by atoms with van der Waals surface area (Å²) in [5.41, 5.74) is 1.26. The van der Waals surface area contributed by atoms with Gasteiger partial charge in [0.25, 0.3) is 0 Å². The van der Waals surface area contributed by atoms with Crippen LogP contribution < -0.4 is 10.2 Å². The fourth-order valence-electron chi connectivity index (χ4n) is 3.34. The van der Waals surface area contributed by atoms with Gasteiger partial charge in [-0.1, -0.05) is 12.8 Å². The van der Waals surface area contributed by atoms with Gasteiger partial charge in [0, 0.05) is 42.8 Å². The Balaban J connectivity index is 0.000000258. The fraction of sp³-hybridized carbons (Fsp3) is 0.619. The van der Waals surface area contributed by atoms with Crippen LogP contribution in [0.1, 0.15) is 68.7 Å². The number of hydrogen-bond donors (Lipinski definition) is 3. The first-order valence-electron chi connectivity index (χ1n) is 10.5. The topological polar surface area (TPSA) is 116 Å². The predicted octanol–water partition coefficient (Wildman–Crippen LogP) is 3.33. The van der Waals surface area contributed by atoms with Crippen LogP contribution in [0.25, 0.3) is 0 Å². The molecule has 1 aromatic heterocycles. The summed E-state index contributed by atoms with van der Waals surface area (Å²) in [6, 6.07) is 0.655. The van der Waals surface area contributed by atoms with Crippen LogP contribution in [0.4, 0.5) is 11.6 Å². The van der Waals surface area contributed by atoms with Gasteiger partial charge in [-0.25, -0.2) is 19.6 Å². The molecule has 8 nitrogen and oxygen atoms in total. The molecule has 3 N–H and O–H groups in total. The number of carboxylic acid groups (broad SMARTS) is 2. The summed E-state index contributed by atoms with van der Waals surface area (Å²) in [5, 5.41) is 19.2. The average molecular weight is 402 g/mol. The Morgan fingerprint density at radius 3 is 2.03 bits per heavy atom. The summed E-state index contributed by atoms with van der Waals surface area (Å²) in [6.45, 7) is 4.51. The maximum atomic E-state index is 9.55. The van der Waals surface area contributed by atoms with E-state index in [1.165, 1.54) is 62.7 Å². The van der Waals surface area contributed by atoms with Gasteiger partial charge in [0.1, 0.15) is 17.5 Å². The lowest BCUT2D eigenvalue weighted by molar-refractivity contribution is -0.134. The Morgan fingerprint density at radius 1 is 0.966 bits per heavy atom. The highest BCUT2D eigenvalue weighted by atomic mass is 16.4. The first-order chi connectivity index (χ1) is 13.9. The highest BCUT2D eigenvalue weighted by Gasteiger charge is 2.30. The van der Waals surface area contributed by atoms with Crippen molar-refractivity contribution < 1.29 is 19.8 Å². The lowest BCUT2D eigenvalue weighted by Gasteiger charge is -2.25. The number of carbonyl (C=O) groups is 2. The van der Waals surface area contributed by atoms with Crippen molar-refractivity contribution in [1.29, 1.82) is 0 Å². The number of carboxylic acids is 2. The van der Waals surface area contributed by atoms with Gasteiger partial charge in [-0.3, -0.25) is 0 Å². The highest BCUT2D eigenvalue weighted by Crippen LogP contribution is 2.40. The van der Waals surface area contributed by atoms with E-state index < -0.39 is 11.9 Å². The highest BCUT2D eigenvalue weighted by molar-refractivity contribution is 5.89. The molecule has 1 aromatic rings. The molecule has 8 heteroatoms. The molecule has 1 aliphatic heterocycles.